The molecule has 2 N–H and O–H groups in total. The number of para-hydroxylation sites is 1. The van der Waals surface area contributed by atoms with Gasteiger partial charge in [0.2, 0.25) is 0 Å². The van der Waals surface area contributed by atoms with Crippen LogP contribution in [0.2, 0.25) is 0 Å². The van der Waals surface area contributed by atoms with Gasteiger partial charge in [0, 0.05) is 6.20 Å². The Bertz CT molecular complexity index is 598. The molecule has 21 heavy (non-hydrogen) atoms. The molecular weight excluding hydrogens is 258 g/mol. The molecule has 1 aromatic carbocycles. The Morgan fingerprint density at radius 3 is 2.67 bits per heavy atom. The first kappa shape index (κ1) is 14.1. The van der Waals surface area contributed by atoms with Crippen LogP contribution in [0, 0.1) is 0 Å². The van der Waals surface area contributed by atoms with Crippen LogP contribution in [0.4, 0.5) is 0 Å². The average molecular weight is 281 g/mol. The van der Waals surface area contributed by atoms with Crippen LogP contribution in [-0.2, 0) is 0 Å². The molecule has 0 radical (unpaired) electrons. The lowest BCUT2D eigenvalue weighted by Crippen LogP contribution is -2.15. The molecule has 110 valence electrons. The number of allylic oxidation sites excluding steroid dienone is 1. The Morgan fingerprint density at radius 2 is 1.81 bits per heavy atom. The average Bonchev–Trinajstić information content (AvgIpc) is 2.97. The van der Waals surface area contributed by atoms with Crippen molar-refractivity contribution in [3.05, 3.63) is 59.9 Å². The molecule has 0 amide bonds. The van der Waals surface area contributed by atoms with Gasteiger partial charge in [0.05, 0.1) is 17.4 Å². The van der Waals surface area contributed by atoms with E-state index >= 15 is 0 Å². The van der Waals surface area contributed by atoms with Gasteiger partial charge in [-0.2, -0.15) is 5.10 Å². The maximum atomic E-state index is 6.44. The SMILES string of the molecule is NC(/C1=C/CCCCCC1)c1ccn(-c2ccccc2)n1. The molecule has 1 heterocycles. The lowest BCUT2D eigenvalue weighted by Gasteiger charge is -2.16. The number of nitrogens with two attached hydrogens (primary N) is 1. The second-order valence-corrected chi connectivity index (χ2v) is 5.73. The van der Waals surface area contributed by atoms with E-state index < -0.39 is 0 Å². The van der Waals surface area contributed by atoms with E-state index in [4.69, 9.17) is 5.73 Å². The van der Waals surface area contributed by atoms with Crippen molar-refractivity contribution in [1.82, 2.24) is 9.78 Å². The summed E-state index contributed by atoms with van der Waals surface area (Å²) in [5, 5.41) is 4.66. The molecule has 1 atom stereocenters. The van der Waals surface area contributed by atoms with Crippen LogP contribution in [0.3, 0.4) is 0 Å². The lowest BCUT2D eigenvalue weighted by atomic mass is 9.94. The van der Waals surface area contributed by atoms with Crippen molar-refractivity contribution in [2.75, 3.05) is 0 Å². The zero-order valence-corrected chi connectivity index (χ0v) is 12.4. The first-order chi connectivity index (χ1) is 10.3. The molecular formula is C18H23N3. The van der Waals surface area contributed by atoms with Crippen molar-refractivity contribution in [1.29, 1.82) is 0 Å². The van der Waals surface area contributed by atoms with Crippen molar-refractivity contribution in [3.8, 4) is 5.69 Å². The number of aromatic nitrogens is 2. The van der Waals surface area contributed by atoms with E-state index in [2.05, 4.69) is 23.3 Å². The molecule has 1 aliphatic carbocycles. The third-order valence-electron chi connectivity index (χ3n) is 4.17. The van der Waals surface area contributed by atoms with Crippen LogP contribution >= 0.6 is 0 Å². The highest BCUT2D eigenvalue weighted by Gasteiger charge is 2.15. The van der Waals surface area contributed by atoms with Gasteiger partial charge in [0.25, 0.3) is 0 Å². The summed E-state index contributed by atoms with van der Waals surface area (Å²) in [5.41, 5.74) is 9.83. The molecule has 3 rings (SSSR count). The minimum absolute atomic E-state index is 0.0620. The Labute approximate surface area is 126 Å². The van der Waals surface area contributed by atoms with Crippen LogP contribution in [0.25, 0.3) is 5.69 Å². The number of nitrogens with zero attached hydrogens (tertiary/aromatic N) is 2. The van der Waals surface area contributed by atoms with Crippen molar-refractivity contribution >= 4 is 0 Å². The highest BCUT2D eigenvalue weighted by molar-refractivity contribution is 5.31. The summed E-state index contributed by atoms with van der Waals surface area (Å²) < 4.78 is 1.90. The molecule has 1 unspecified atom stereocenters. The van der Waals surface area contributed by atoms with Crippen molar-refractivity contribution in [2.24, 2.45) is 5.73 Å². The molecule has 3 heteroatoms. The maximum Gasteiger partial charge on any atom is 0.0838 e. The number of rotatable bonds is 3. The van der Waals surface area contributed by atoms with Gasteiger partial charge in [0.15, 0.2) is 0 Å². The van der Waals surface area contributed by atoms with Gasteiger partial charge in [-0.05, 0) is 43.9 Å². The van der Waals surface area contributed by atoms with E-state index in [1.165, 1.54) is 31.3 Å². The van der Waals surface area contributed by atoms with Crippen LogP contribution < -0.4 is 5.73 Å². The molecule has 1 aliphatic rings. The molecule has 0 saturated heterocycles. The molecule has 0 saturated carbocycles. The van der Waals surface area contributed by atoms with Crippen molar-refractivity contribution in [2.45, 2.75) is 44.6 Å². The van der Waals surface area contributed by atoms with E-state index in [0.717, 1.165) is 24.2 Å². The Hall–Kier alpha value is -1.87. The summed E-state index contributed by atoms with van der Waals surface area (Å²) in [6.45, 7) is 0. The summed E-state index contributed by atoms with van der Waals surface area (Å²) in [4.78, 5) is 0. The van der Waals surface area contributed by atoms with Crippen molar-refractivity contribution < 1.29 is 0 Å². The summed E-state index contributed by atoms with van der Waals surface area (Å²) >= 11 is 0. The summed E-state index contributed by atoms with van der Waals surface area (Å²) in [5.74, 6) is 0. The topological polar surface area (TPSA) is 43.8 Å². The third kappa shape index (κ3) is 3.42. The fourth-order valence-corrected chi connectivity index (χ4v) is 2.92. The van der Waals surface area contributed by atoms with Crippen LogP contribution in [0.1, 0.15) is 50.3 Å². The summed E-state index contributed by atoms with van der Waals surface area (Å²) in [7, 11) is 0. The quantitative estimate of drug-likeness (QED) is 0.859. The van der Waals surface area contributed by atoms with E-state index in [-0.39, 0.29) is 6.04 Å². The highest BCUT2D eigenvalue weighted by atomic mass is 15.3. The molecule has 0 fully saturated rings. The Balaban J connectivity index is 1.79. The first-order valence-corrected chi connectivity index (χ1v) is 7.90. The standard InChI is InChI=1S/C18H23N3/c19-18(15-9-5-2-1-3-6-10-15)17-13-14-21(20-17)16-11-7-4-8-12-16/h4,7-9,11-14,18H,1-3,5-6,10,19H2/b15-9+. The largest absolute Gasteiger partial charge is 0.319 e. The number of hydrogen-bond acceptors (Lipinski definition) is 2. The van der Waals surface area contributed by atoms with Crippen LogP contribution in [0.5, 0.6) is 0 Å². The minimum atomic E-state index is -0.0620. The molecule has 0 bridgehead atoms. The van der Waals surface area contributed by atoms with Gasteiger partial charge in [0.1, 0.15) is 0 Å². The Morgan fingerprint density at radius 1 is 1.00 bits per heavy atom. The highest BCUT2D eigenvalue weighted by Crippen LogP contribution is 2.26. The second kappa shape index (κ2) is 6.72. The van der Waals surface area contributed by atoms with E-state index in [1.807, 2.05) is 35.1 Å². The summed E-state index contributed by atoms with van der Waals surface area (Å²) in [6.07, 6.45) is 11.8. The predicted octanol–water partition coefficient (Wildman–Crippen LogP) is 4.15. The van der Waals surface area contributed by atoms with Gasteiger partial charge >= 0.3 is 0 Å². The van der Waals surface area contributed by atoms with Gasteiger partial charge in [-0.25, -0.2) is 4.68 Å². The predicted molar refractivity (Wildman–Crippen MR) is 86.3 cm³/mol. The smallest absolute Gasteiger partial charge is 0.0838 e. The normalized spacial score (nSPS) is 20.1. The molecule has 0 spiro atoms. The monoisotopic (exact) mass is 281 g/mol. The minimum Gasteiger partial charge on any atom is -0.319 e. The van der Waals surface area contributed by atoms with Crippen LogP contribution in [0.15, 0.2) is 54.2 Å². The van der Waals surface area contributed by atoms with Gasteiger partial charge < -0.3 is 5.73 Å². The summed E-state index contributed by atoms with van der Waals surface area (Å²) in [6, 6.07) is 12.1. The molecule has 3 nitrogen and oxygen atoms in total. The third-order valence-corrected chi connectivity index (χ3v) is 4.17. The number of hydrogen-bond donors (Lipinski definition) is 1. The zero-order valence-electron chi connectivity index (χ0n) is 12.4. The fourth-order valence-electron chi connectivity index (χ4n) is 2.92. The van der Waals surface area contributed by atoms with Crippen LogP contribution in [-0.4, -0.2) is 9.78 Å². The molecule has 1 aromatic heterocycles. The lowest BCUT2D eigenvalue weighted by molar-refractivity contribution is 0.598. The number of benzene rings is 1. The Kier molecular flexibility index (Phi) is 4.51. The van der Waals surface area contributed by atoms with Gasteiger partial charge in [-0.15, -0.1) is 0 Å². The fraction of sp³-hybridized carbons (Fsp3) is 0.389. The van der Waals surface area contributed by atoms with Gasteiger partial charge in [-0.1, -0.05) is 42.7 Å². The zero-order chi connectivity index (χ0) is 14.5. The molecule has 2 aromatic rings. The van der Waals surface area contributed by atoms with Crippen molar-refractivity contribution in [3.63, 3.8) is 0 Å². The van der Waals surface area contributed by atoms with E-state index in [9.17, 15) is 0 Å². The maximum absolute atomic E-state index is 6.44. The molecule has 0 aliphatic heterocycles. The van der Waals surface area contributed by atoms with E-state index in [0.29, 0.717) is 0 Å². The second-order valence-electron chi connectivity index (χ2n) is 5.73. The first-order valence-electron chi connectivity index (χ1n) is 7.90. The van der Waals surface area contributed by atoms with E-state index in [1.54, 1.807) is 0 Å². The van der Waals surface area contributed by atoms with Gasteiger partial charge in [-0.3, -0.25) is 0 Å².